The number of rotatable bonds is 9. The number of hydrogen-bond acceptors (Lipinski definition) is 3. The summed E-state index contributed by atoms with van der Waals surface area (Å²) in [5.74, 6) is 1.72. The third-order valence-electron chi connectivity index (χ3n) is 2.99. The van der Waals surface area contributed by atoms with E-state index in [-0.39, 0.29) is 0 Å². The van der Waals surface area contributed by atoms with Crippen molar-refractivity contribution < 1.29 is 9.47 Å². The van der Waals surface area contributed by atoms with E-state index in [1.54, 1.807) is 7.11 Å². The highest BCUT2D eigenvalue weighted by atomic mass is 16.5. The standard InChI is InChI=1S/C15H25NO2/c1-4-13(2)16-10-5-6-11-18-15-9-7-8-14(12-15)17-3/h7-9,12-13,16H,4-6,10-11H2,1-3H3/t13-/m0/s1. The van der Waals surface area contributed by atoms with Crippen molar-refractivity contribution in [3.63, 3.8) is 0 Å². The molecule has 0 heterocycles. The number of nitrogens with one attached hydrogen (secondary N) is 1. The monoisotopic (exact) mass is 251 g/mol. The Balaban J connectivity index is 2.10. The molecule has 0 radical (unpaired) electrons. The summed E-state index contributed by atoms with van der Waals surface area (Å²) in [6.07, 6.45) is 3.40. The minimum absolute atomic E-state index is 0.615. The van der Waals surface area contributed by atoms with Crippen molar-refractivity contribution >= 4 is 0 Å². The van der Waals surface area contributed by atoms with Crippen LogP contribution in [0.3, 0.4) is 0 Å². The molecule has 0 bridgehead atoms. The highest BCUT2D eigenvalue weighted by Crippen LogP contribution is 2.18. The first-order valence-corrected chi connectivity index (χ1v) is 6.76. The van der Waals surface area contributed by atoms with E-state index in [0.717, 1.165) is 37.5 Å². The van der Waals surface area contributed by atoms with Crippen molar-refractivity contribution in [1.29, 1.82) is 0 Å². The molecule has 0 aliphatic rings. The Hall–Kier alpha value is -1.22. The van der Waals surface area contributed by atoms with Crippen molar-refractivity contribution in [2.75, 3.05) is 20.3 Å². The molecule has 0 aliphatic carbocycles. The molecule has 102 valence electrons. The highest BCUT2D eigenvalue weighted by molar-refractivity contribution is 5.32. The molecule has 0 saturated heterocycles. The van der Waals surface area contributed by atoms with Crippen molar-refractivity contribution in [2.45, 2.75) is 39.2 Å². The maximum atomic E-state index is 5.67. The summed E-state index contributed by atoms with van der Waals surface area (Å²) < 4.78 is 10.8. The van der Waals surface area contributed by atoms with Crippen LogP contribution in [0.15, 0.2) is 24.3 Å². The summed E-state index contributed by atoms with van der Waals surface area (Å²) in [5, 5.41) is 3.47. The zero-order valence-electron chi connectivity index (χ0n) is 11.7. The summed E-state index contributed by atoms with van der Waals surface area (Å²) in [6.45, 7) is 6.24. The molecule has 0 amide bonds. The summed E-state index contributed by atoms with van der Waals surface area (Å²) >= 11 is 0. The lowest BCUT2D eigenvalue weighted by Crippen LogP contribution is -2.26. The molecule has 3 nitrogen and oxygen atoms in total. The molecule has 1 aromatic carbocycles. The fraction of sp³-hybridized carbons (Fsp3) is 0.600. The van der Waals surface area contributed by atoms with E-state index in [2.05, 4.69) is 19.2 Å². The van der Waals surface area contributed by atoms with E-state index in [1.165, 1.54) is 6.42 Å². The van der Waals surface area contributed by atoms with Gasteiger partial charge in [0.15, 0.2) is 0 Å². The van der Waals surface area contributed by atoms with Crippen LogP contribution in [0.25, 0.3) is 0 Å². The Morgan fingerprint density at radius 3 is 2.72 bits per heavy atom. The average Bonchev–Trinajstić information content (AvgIpc) is 2.42. The van der Waals surface area contributed by atoms with Gasteiger partial charge in [-0.3, -0.25) is 0 Å². The second-order valence-corrected chi connectivity index (χ2v) is 4.50. The summed E-state index contributed by atoms with van der Waals surface area (Å²) in [6, 6.07) is 8.35. The molecule has 0 saturated carbocycles. The minimum atomic E-state index is 0.615. The van der Waals surface area contributed by atoms with Gasteiger partial charge in [0.25, 0.3) is 0 Å². The van der Waals surface area contributed by atoms with Gasteiger partial charge in [-0.25, -0.2) is 0 Å². The second kappa shape index (κ2) is 8.81. The van der Waals surface area contributed by atoms with Crippen LogP contribution in [0.4, 0.5) is 0 Å². The minimum Gasteiger partial charge on any atom is -0.497 e. The molecule has 0 fully saturated rings. The Morgan fingerprint density at radius 1 is 1.22 bits per heavy atom. The van der Waals surface area contributed by atoms with Crippen LogP contribution >= 0.6 is 0 Å². The van der Waals surface area contributed by atoms with E-state index in [1.807, 2.05) is 24.3 Å². The molecular formula is C15H25NO2. The van der Waals surface area contributed by atoms with Crippen LogP contribution in [0.2, 0.25) is 0 Å². The van der Waals surface area contributed by atoms with Crippen LogP contribution in [0.1, 0.15) is 33.1 Å². The smallest absolute Gasteiger partial charge is 0.122 e. The van der Waals surface area contributed by atoms with Gasteiger partial charge in [-0.1, -0.05) is 13.0 Å². The molecular weight excluding hydrogens is 226 g/mol. The molecule has 1 atom stereocenters. The molecule has 0 aliphatic heterocycles. The van der Waals surface area contributed by atoms with Crippen molar-refractivity contribution in [1.82, 2.24) is 5.32 Å². The number of methoxy groups -OCH3 is 1. The lowest BCUT2D eigenvalue weighted by Gasteiger charge is -2.11. The van der Waals surface area contributed by atoms with Gasteiger partial charge in [-0.05, 0) is 44.9 Å². The van der Waals surface area contributed by atoms with Gasteiger partial charge in [-0.2, -0.15) is 0 Å². The predicted molar refractivity (Wildman–Crippen MR) is 75.5 cm³/mol. The maximum Gasteiger partial charge on any atom is 0.122 e. The third-order valence-corrected chi connectivity index (χ3v) is 2.99. The van der Waals surface area contributed by atoms with Crippen LogP contribution in [0.5, 0.6) is 11.5 Å². The number of ether oxygens (including phenoxy) is 2. The van der Waals surface area contributed by atoms with E-state index in [9.17, 15) is 0 Å². The van der Waals surface area contributed by atoms with Gasteiger partial charge >= 0.3 is 0 Å². The third kappa shape index (κ3) is 5.92. The Morgan fingerprint density at radius 2 is 2.00 bits per heavy atom. The predicted octanol–water partition coefficient (Wildman–Crippen LogP) is 3.24. The van der Waals surface area contributed by atoms with Crippen molar-refractivity contribution in [2.24, 2.45) is 0 Å². The van der Waals surface area contributed by atoms with Crippen LogP contribution in [-0.2, 0) is 0 Å². The SMILES string of the molecule is CC[C@H](C)NCCCCOc1cccc(OC)c1. The molecule has 0 unspecified atom stereocenters. The highest BCUT2D eigenvalue weighted by Gasteiger charge is 1.98. The average molecular weight is 251 g/mol. The first kappa shape index (κ1) is 14.8. The van der Waals surface area contributed by atoms with Crippen LogP contribution < -0.4 is 14.8 Å². The van der Waals surface area contributed by atoms with Crippen LogP contribution in [0, 0.1) is 0 Å². The normalized spacial score (nSPS) is 12.2. The summed E-state index contributed by atoms with van der Waals surface area (Å²) in [5.41, 5.74) is 0. The van der Waals surface area contributed by atoms with Crippen molar-refractivity contribution in [3.8, 4) is 11.5 Å². The number of unbranched alkanes of at least 4 members (excludes halogenated alkanes) is 1. The van der Waals surface area contributed by atoms with Gasteiger partial charge in [-0.15, -0.1) is 0 Å². The Kier molecular flexibility index (Phi) is 7.26. The number of benzene rings is 1. The van der Waals surface area contributed by atoms with E-state index in [4.69, 9.17) is 9.47 Å². The largest absolute Gasteiger partial charge is 0.497 e. The first-order chi connectivity index (χ1) is 8.76. The van der Waals surface area contributed by atoms with E-state index < -0.39 is 0 Å². The Bertz CT molecular complexity index is 328. The molecule has 18 heavy (non-hydrogen) atoms. The van der Waals surface area contributed by atoms with Gasteiger partial charge in [0.2, 0.25) is 0 Å². The van der Waals surface area contributed by atoms with E-state index >= 15 is 0 Å². The topological polar surface area (TPSA) is 30.5 Å². The quantitative estimate of drug-likeness (QED) is 0.683. The first-order valence-electron chi connectivity index (χ1n) is 6.76. The lowest BCUT2D eigenvalue weighted by molar-refractivity contribution is 0.302. The molecule has 0 aromatic heterocycles. The summed E-state index contributed by atoms with van der Waals surface area (Å²) in [7, 11) is 1.67. The summed E-state index contributed by atoms with van der Waals surface area (Å²) in [4.78, 5) is 0. The fourth-order valence-electron chi connectivity index (χ4n) is 1.60. The van der Waals surface area contributed by atoms with Gasteiger partial charge < -0.3 is 14.8 Å². The van der Waals surface area contributed by atoms with Crippen molar-refractivity contribution in [3.05, 3.63) is 24.3 Å². The van der Waals surface area contributed by atoms with Gasteiger partial charge in [0.1, 0.15) is 11.5 Å². The Labute approximate surface area is 110 Å². The van der Waals surface area contributed by atoms with Gasteiger partial charge in [0.05, 0.1) is 13.7 Å². The van der Waals surface area contributed by atoms with Gasteiger partial charge in [0, 0.05) is 12.1 Å². The zero-order valence-corrected chi connectivity index (χ0v) is 11.7. The number of hydrogen-bond donors (Lipinski definition) is 1. The second-order valence-electron chi connectivity index (χ2n) is 4.50. The molecule has 1 rings (SSSR count). The lowest BCUT2D eigenvalue weighted by atomic mass is 10.2. The molecule has 3 heteroatoms. The zero-order chi connectivity index (χ0) is 13.2. The molecule has 1 N–H and O–H groups in total. The molecule has 1 aromatic rings. The fourth-order valence-corrected chi connectivity index (χ4v) is 1.60. The molecule has 0 spiro atoms. The maximum absolute atomic E-state index is 5.67. The van der Waals surface area contributed by atoms with Crippen LogP contribution in [-0.4, -0.2) is 26.3 Å². The van der Waals surface area contributed by atoms with E-state index in [0.29, 0.717) is 6.04 Å².